The molecule has 0 radical (unpaired) electrons. The Morgan fingerprint density at radius 3 is 2.63 bits per heavy atom. The Balaban J connectivity index is 2.07. The molecule has 9 nitrogen and oxygen atoms in total. The lowest BCUT2D eigenvalue weighted by molar-refractivity contribution is 0.0602. The Morgan fingerprint density at radius 1 is 1.27 bits per heavy atom. The number of nitrogens with zero attached hydrogens (tertiary/aromatic N) is 4. The normalized spacial score (nSPS) is 11.6. The molecule has 0 amide bonds. The van der Waals surface area contributed by atoms with Crippen LogP contribution >= 0.6 is 11.3 Å². The minimum absolute atomic E-state index is 0.157. The molecule has 0 saturated heterocycles. The monoisotopic (exact) mass is 427 g/mol. The molecule has 0 fully saturated rings. The first-order chi connectivity index (χ1) is 14.3. The number of carbonyl (C=O) groups is 1. The Hall–Kier alpha value is -3.40. The van der Waals surface area contributed by atoms with Crippen LogP contribution in [0.1, 0.15) is 35.1 Å². The van der Waals surface area contributed by atoms with Crippen molar-refractivity contribution in [2.24, 2.45) is 7.05 Å². The maximum Gasteiger partial charge on any atom is 0.339 e. The van der Waals surface area contributed by atoms with Gasteiger partial charge in [0.1, 0.15) is 4.83 Å². The van der Waals surface area contributed by atoms with Crippen molar-refractivity contribution in [3.63, 3.8) is 0 Å². The predicted octanol–water partition coefficient (Wildman–Crippen LogP) is 2.11. The van der Waals surface area contributed by atoms with E-state index in [0.717, 1.165) is 15.6 Å². The molecule has 3 aromatic heterocycles. The van der Waals surface area contributed by atoms with Crippen LogP contribution in [0.15, 0.2) is 33.9 Å². The number of rotatable bonds is 4. The lowest BCUT2D eigenvalue weighted by Gasteiger charge is -2.12. The predicted molar refractivity (Wildman–Crippen MR) is 116 cm³/mol. The van der Waals surface area contributed by atoms with E-state index < -0.39 is 17.2 Å². The molecule has 0 saturated carbocycles. The smallest absolute Gasteiger partial charge is 0.339 e. The zero-order valence-electron chi connectivity index (χ0n) is 17.0. The minimum atomic E-state index is -0.634. The molecule has 156 valence electrons. The van der Waals surface area contributed by atoms with Crippen LogP contribution in [0.4, 0.5) is 5.95 Å². The third kappa shape index (κ3) is 2.83. The van der Waals surface area contributed by atoms with Gasteiger partial charge in [-0.25, -0.2) is 14.6 Å². The zero-order valence-corrected chi connectivity index (χ0v) is 17.8. The molecule has 3 heterocycles. The van der Waals surface area contributed by atoms with Crippen molar-refractivity contribution in [3.8, 4) is 0 Å². The van der Waals surface area contributed by atoms with Gasteiger partial charge in [-0.05, 0) is 26.0 Å². The van der Waals surface area contributed by atoms with E-state index in [-0.39, 0.29) is 23.5 Å². The van der Waals surface area contributed by atoms with E-state index >= 15 is 0 Å². The lowest BCUT2D eigenvalue weighted by Crippen LogP contribution is -2.38. The Morgan fingerprint density at radius 2 is 1.97 bits per heavy atom. The molecule has 10 heteroatoms. The highest BCUT2D eigenvalue weighted by molar-refractivity contribution is 7.19. The second-order valence-electron chi connectivity index (χ2n) is 7.23. The van der Waals surface area contributed by atoms with Gasteiger partial charge in [0.05, 0.1) is 35.6 Å². The lowest BCUT2D eigenvalue weighted by atomic mass is 10.1. The van der Waals surface area contributed by atoms with Crippen LogP contribution in [0.5, 0.6) is 0 Å². The summed E-state index contributed by atoms with van der Waals surface area (Å²) in [6.45, 7) is 3.92. The number of carbonyl (C=O) groups excluding carboxylic acids is 1. The van der Waals surface area contributed by atoms with E-state index in [1.165, 1.54) is 30.1 Å². The highest BCUT2D eigenvalue weighted by atomic mass is 32.1. The van der Waals surface area contributed by atoms with Crippen LogP contribution in [0.3, 0.4) is 0 Å². The third-order valence-electron chi connectivity index (χ3n) is 5.08. The van der Waals surface area contributed by atoms with E-state index in [1.807, 2.05) is 38.1 Å². The summed E-state index contributed by atoms with van der Waals surface area (Å²) >= 11 is 1.22. The number of anilines is 1. The molecule has 0 aliphatic heterocycles. The summed E-state index contributed by atoms with van der Waals surface area (Å²) in [5.74, 6) is -0.344. The number of aromatic nitrogens is 4. The van der Waals surface area contributed by atoms with E-state index in [1.54, 1.807) is 4.57 Å². The number of methoxy groups -OCH3 is 1. The van der Waals surface area contributed by atoms with Gasteiger partial charge < -0.3 is 15.0 Å². The molecule has 0 spiro atoms. The highest BCUT2D eigenvalue weighted by Gasteiger charge is 2.27. The number of para-hydroxylation sites is 2. The van der Waals surface area contributed by atoms with Gasteiger partial charge in [0.25, 0.3) is 5.56 Å². The number of benzene rings is 1. The van der Waals surface area contributed by atoms with Crippen molar-refractivity contribution in [2.45, 2.75) is 26.4 Å². The van der Waals surface area contributed by atoms with Crippen molar-refractivity contribution in [2.75, 3.05) is 12.8 Å². The van der Waals surface area contributed by atoms with Crippen LogP contribution in [-0.2, 0) is 18.3 Å². The molecule has 0 unspecified atom stereocenters. The third-order valence-corrected chi connectivity index (χ3v) is 6.26. The van der Waals surface area contributed by atoms with Gasteiger partial charge in [0.2, 0.25) is 5.95 Å². The van der Waals surface area contributed by atoms with Gasteiger partial charge in [-0.1, -0.05) is 12.1 Å². The summed E-state index contributed by atoms with van der Waals surface area (Å²) in [5.41, 5.74) is 6.86. The number of fused-ring (bicyclic) bond motifs is 2. The fraction of sp³-hybridized carbons (Fsp3) is 0.300. The van der Waals surface area contributed by atoms with E-state index in [2.05, 4.69) is 4.98 Å². The van der Waals surface area contributed by atoms with Crippen molar-refractivity contribution >= 4 is 44.5 Å². The molecule has 1 aromatic carbocycles. The first-order valence-electron chi connectivity index (χ1n) is 9.32. The summed E-state index contributed by atoms with van der Waals surface area (Å²) in [6.07, 6.45) is 0. The summed E-state index contributed by atoms with van der Waals surface area (Å²) in [6, 6.07) is 7.26. The van der Waals surface area contributed by atoms with Crippen LogP contribution < -0.4 is 17.0 Å². The molecule has 0 aliphatic rings. The van der Waals surface area contributed by atoms with Crippen LogP contribution in [-0.4, -0.2) is 31.8 Å². The summed E-state index contributed by atoms with van der Waals surface area (Å²) in [5, 5.41) is 0.181. The molecule has 0 aliphatic carbocycles. The molecular weight excluding hydrogens is 406 g/mol. The van der Waals surface area contributed by atoms with Gasteiger partial charge >= 0.3 is 11.7 Å². The van der Waals surface area contributed by atoms with Gasteiger partial charge in [0, 0.05) is 18.0 Å². The number of hydrogen-bond acceptors (Lipinski definition) is 7. The number of nitrogens with two attached hydrogens (primary N) is 1. The second kappa shape index (κ2) is 7.13. The molecular formula is C20H21N5O4S. The first kappa shape index (κ1) is 19.9. The molecule has 2 N–H and O–H groups in total. The Bertz CT molecular complexity index is 1420. The van der Waals surface area contributed by atoms with Crippen LogP contribution in [0, 0.1) is 0 Å². The maximum atomic E-state index is 13.0. The number of esters is 1. The number of nitrogen functional groups attached to an aromatic ring is 1. The molecule has 4 aromatic rings. The van der Waals surface area contributed by atoms with Gasteiger partial charge in [-0.15, -0.1) is 11.3 Å². The summed E-state index contributed by atoms with van der Waals surface area (Å²) in [4.78, 5) is 43.8. The largest absolute Gasteiger partial charge is 0.465 e. The number of ether oxygens (including phenoxy) is 1. The van der Waals surface area contributed by atoms with Gasteiger partial charge in [-0.2, -0.15) is 0 Å². The standard InChI is InChI=1S/C20H21N5O4S/c1-10(2)25-17-15(16(26)23(3)20(25)28)14(18(27)29-4)13(30-17)9-24-12-8-6-5-7-11(12)22-19(24)21/h5-8,10H,9H2,1-4H3,(H2,21,22). The summed E-state index contributed by atoms with van der Waals surface area (Å²) < 4.78 is 9.30. The summed E-state index contributed by atoms with van der Waals surface area (Å²) in [7, 11) is 2.67. The first-order valence-corrected chi connectivity index (χ1v) is 10.1. The molecule has 4 rings (SSSR count). The molecule has 0 atom stereocenters. The van der Waals surface area contributed by atoms with Crippen molar-refractivity contribution < 1.29 is 9.53 Å². The number of hydrogen-bond donors (Lipinski definition) is 1. The van der Waals surface area contributed by atoms with Gasteiger partial charge in [0.15, 0.2) is 0 Å². The number of imidazole rings is 1. The number of thiophene rings is 1. The Labute approximate surface area is 174 Å². The average Bonchev–Trinajstić information content (AvgIpc) is 3.23. The van der Waals surface area contributed by atoms with Crippen molar-refractivity contribution in [1.82, 2.24) is 18.7 Å². The maximum absolute atomic E-state index is 13.0. The average molecular weight is 427 g/mol. The second-order valence-corrected chi connectivity index (χ2v) is 8.31. The van der Waals surface area contributed by atoms with E-state index in [9.17, 15) is 14.4 Å². The van der Waals surface area contributed by atoms with Crippen molar-refractivity contribution in [1.29, 1.82) is 0 Å². The SMILES string of the molecule is COC(=O)c1c(Cn2c(N)nc3ccccc32)sc2c1c(=O)n(C)c(=O)n2C(C)C. The van der Waals surface area contributed by atoms with E-state index in [4.69, 9.17) is 10.5 Å². The molecule has 30 heavy (non-hydrogen) atoms. The highest BCUT2D eigenvalue weighted by Crippen LogP contribution is 2.32. The van der Waals surface area contributed by atoms with Crippen LogP contribution in [0.25, 0.3) is 21.3 Å². The fourth-order valence-corrected chi connectivity index (χ4v) is 5.02. The van der Waals surface area contributed by atoms with Crippen LogP contribution in [0.2, 0.25) is 0 Å². The quantitative estimate of drug-likeness (QED) is 0.499. The molecule has 0 bridgehead atoms. The topological polar surface area (TPSA) is 114 Å². The van der Waals surface area contributed by atoms with Gasteiger partial charge in [-0.3, -0.25) is 13.9 Å². The fourth-order valence-electron chi connectivity index (χ4n) is 3.62. The minimum Gasteiger partial charge on any atom is -0.465 e. The Kier molecular flexibility index (Phi) is 4.73. The van der Waals surface area contributed by atoms with Crippen molar-refractivity contribution in [3.05, 3.63) is 55.5 Å². The van der Waals surface area contributed by atoms with E-state index in [0.29, 0.717) is 15.7 Å². The zero-order chi connectivity index (χ0) is 21.7.